The van der Waals surface area contributed by atoms with Crippen molar-refractivity contribution in [1.29, 1.82) is 0 Å². The van der Waals surface area contributed by atoms with Gasteiger partial charge in [-0.1, -0.05) is 48.2 Å². The van der Waals surface area contributed by atoms with Gasteiger partial charge in [0.05, 0.1) is 5.75 Å². The number of fused-ring (bicyclic) bond motifs is 1. The summed E-state index contributed by atoms with van der Waals surface area (Å²) in [5.74, 6) is 0.965. The number of carbonyl (C=O) groups is 1. The van der Waals surface area contributed by atoms with Gasteiger partial charge in [0, 0.05) is 17.6 Å². The van der Waals surface area contributed by atoms with Gasteiger partial charge in [0.25, 0.3) is 0 Å². The number of halogens is 1. The van der Waals surface area contributed by atoms with Crippen molar-refractivity contribution < 1.29 is 13.9 Å². The third-order valence-corrected chi connectivity index (χ3v) is 5.91. The molecule has 32 heavy (non-hydrogen) atoms. The minimum Gasteiger partial charge on any atom is -0.483 e. The van der Waals surface area contributed by atoms with E-state index in [1.807, 2.05) is 60.9 Å². The first-order chi connectivity index (χ1) is 15.5. The lowest BCUT2D eigenvalue weighted by atomic mass is 10.1. The highest BCUT2D eigenvalue weighted by molar-refractivity contribution is 7.99. The van der Waals surface area contributed by atoms with Gasteiger partial charge in [-0.15, -0.1) is 10.2 Å². The maximum Gasteiger partial charge on any atom is 0.234 e. The Balaban J connectivity index is 1.41. The number of thioether (sulfide) groups is 1. The van der Waals surface area contributed by atoms with E-state index in [0.717, 1.165) is 16.5 Å². The zero-order chi connectivity index (χ0) is 22.5. The first-order valence-corrected chi connectivity index (χ1v) is 11.3. The predicted molar refractivity (Wildman–Crippen MR) is 124 cm³/mol. The Labute approximate surface area is 189 Å². The van der Waals surface area contributed by atoms with Crippen molar-refractivity contribution >= 4 is 34.1 Å². The standard InChI is InChI=1S/C24H23FN4O2S/c1-3-29-23(16(2)31-19-13-11-18(25)12-14-19)27-28-24(29)32-15-22(30)26-21-10-6-8-17-7-4-5-9-20(17)21/h4-14,16H,3,15H2,1-2H3,(H,26,30). The molecule has 1 aromatic heterocycles. The van der Waals surface area contributed by atoms with Gasteiger partial charge in [-0.25, -0.2) is 4.39 Å². The van der Waals surface area contributed by atoms with Crippen molar-refractivity contribution in [3.63, 3.8) is 0 Å². The number of amides is 1. The summed E-state index contributed by atoms with van der Waals surface area (Å²) in [5.41, 5.74) is 0.785. The smallest absolute Gasteiger partial charge is 0.234 e. The van der Waals surface area contributed by atoms with E-state index in [1.54, 1.807) is 12.1 Å². The fraction of sp³-hybridized carbons (Fsp3) is 0.208. The van der Waals surface area contributed by atoms with E-state index in [1.165, 1.54) is 23.9 Å². The average molecular weight is 451 g/mol. The Bertz CT molecular complexity index is 1220. The summed E-state index contributed by atoms with van der Waals surface area (Å²) in [6.45, 7) is 4.48. The van der Waals surface area contributed by atoms with E-state index < -0.39 is 0 Å². The lowest BCUT2D eigenvalue weighted by molar-refractivity contribution is -0.113. The number of hydrogen-bond acceptors (Lipinski definition) is 5. The van der Waals surface area contributed by atoms with Crippen LogP contribution in [0.3, 0.4) is 0 Å². The number of aromatic nitrogens is 3. The lowest BCUT2D eigenvalue weighted by Gasteiger charge is -2.15. The van der Waals surface area contributed by atoms with Crippen molar-refractivity contribution in [2.75, 3.05) is 11.1 Å². The van der Waals surface area contributed by atoms with Crippen LogP contribution in [0.15, 0.2) is 71.9 Å². The van der Waals surface area contributed by atoms with Gasteiger partial charge < -0.3 is 14.6 Å². The Morgan fingerprint density at radius 2 is 1.84 bits per heavy atom. The van der Waals surface area contributed by atoms with Crippen LogP contribution < -0.4 is 10.1 Å². The summed E-state index contributed by atoms with van der Waals surface area (Å²) in [6, 6.07) is 19.6. The second kappa shape index (κ2) is 9.82. The number of benzene rings is 3. The average Bonchev–Trinajstić information content (AvgIpc) is 3.22. The number of nitrogens with zero attached hydrogens (tertiary/aromatic N) is 3. The summed E-state index contributed by atoms with van der Waals surface area (Å²) in [5, 5.41) is 14.2. The summed E-state index contributed by atoms with van der Waals surface area (Å²) < 4.78 is 20.9. The number of anilines is 1. The van der Waals surface area contributed by atoms with Crippen LogP contribution in [0, 0.1) is 5.82 Å². The van der Waals surface area contributed by atoms with Crippen molar-refractivity contribution in [2.24, 2.45) is 0 Å². The molecule has 0 spiro atoms. The topological polar surface area (TPSA) is 69.0 Å². The second-order valence-electron chi connectivity index (χ2n) is 7.16. The number of rotatable bonds is 8. The molecule has 0 bridgehead atoms. The molecular formula is C24H23FN4O2S. The van der Waals surface area contributed by atoms with Crippen LogP contribution in [-0.4, -0.2) is 26.4 Å². The number of nitrogens with one attached hydrogen (secondary N) is 1. The number of hydrogen-bond donors (Lipinski definition) is 1. The Morgan fingerprint density at radius 3 is 2.62 bits per heavy atom. The molecule has 4 rings (SSSR count). The third kappa shape index (κ3) is 4.91. The Kier molecular flexibility index (Phi) is 6.70. The lowest BCUT2D eigenvalue weighted by Crippen LogP contribution is -2.15. The van der Waals surface area contributed by atoms with Gasteiger partial charge in [0.15, 0.2) is 17.1 Å². The number of ether oxygens (including phenoxy) is 1. The maximum atomic E-state index is 13.1. The maximum absolute atomic E-state index is 13.1. The molecule has 1 N–H and O–H groups in total. The van der Waals surface area contributed by atoms with E-state index in [9.17, 15) is 9.18 Å². The van der Waals surface area contributed by atoms with Gasteiger partial charge in [-0.05, 0) is 49.6 Å². The van der Waals surface area contributed by atoms with Crippen LogP contribution >= 0.6 is 11.8 Å². The molecule has 164 valence electrons. The molecule has 0 saturated heterocycles. The van der Waals surface area contributed by atoms with Crippen LogP contribution in [0.1, 0.15) is 25.8 Å². The van der Waals surface area contributed by atoms with Gasteiger partial charge >= 0.3 is 0 Å². The SMILES string of the molecule is CCn1c(SCC(=O)Nc2cccc3ccccc23)nnc1C(C)Oc1ccc(F)cc1. The Morgan fingerprint density at radius 1 is 1.09 bits per heavy atom. The van der Waals surface area contributed by atoms with Crippen molar-refractivity contribution in [1.82, 2.24) is 14.8 Å². The van der Waals surface area contributed by atoms with Crippen LogP contribution in [0.2, 0.25) is 0 Å². The fourth-order valence-electron chi connectivity index (χ4n) is 3.43. The molecule has 1 atom stereocenters. The minimum absolute atomic E-state index is 0.117. The molecule has 0 aliphatic heterocycles. The Hall–Kier alpha value is -3.39. The second-order valence-corrected chi connectivity index (χ2v) is 8.11. The molecule has 4 aromatic rings. The fourth-order valence-corrected chi connectivity index (χ4v) is 4.23. The van der Waals surface area contributed by atoms with Crippen molar-refractivity contribution in [3.8, 4) is 5.75 Å². The molecule has 3 aromatic carbocycles. The van der Waals surface area contributed by atoms with E-state index in [4.69, 9.17) is 4.74 Å². The summed E-state index contributed by atoms with van der Waals surface area (Å²) >= 11 is 1.32. The summed E-state index contributed by atoms with van der Waals surface area (Å²) in [6.07, 6.45) is -0.383. The monoisotopic (exact) mass is 450 g/mol. The highest BCUT2D eigenvalue weighted by atomic mass is 32.2. The third-order valence-electron chi connectivity index (χ3n) is 4.95. The van der Waals surface area contributed by atoms with E-state index >= 15 is 0 Å². The molecule has 0 fully saturated rings. The first-order valence-electron chi connectivity index (χ1n) is 10.3. The van der Waals surface area contributed by atoms with Crippen molar-refractivity contribution in [3.05, 3.63) is 78.4 Å². The van der Waals surface area contributed by atoms with Crippen molar-refractivity contribution in [2.45, 2.75) is 31.7 Å². The molecule has 0 aliphatic rings. The summed E-state index contributed by atoms with van der Waals surface area (Å²) in [4.78, 5) is 12.6. The van der Waals surface area contributed by atoms with E-state index in [0.29, 0.717) is 23.3 Å². The van der Waals surface area contributed by atoms with Gasteiger partial charge in [0.1, 0.15) is 11.6 Å². The molecule has 1 amide bonds. The molecule has 8 heteroatoms. The molecule has 6 nitrogen and oxygen atoms in total. The van der Waals surface area contributed by atoms with E-state index in [-0.39, 0.29) is 23.6 Å². The number of carbonyl (C=O) groups excluding carboxylic acids is 1. The summed E-state index contributed by atoms with van der Waals surface area (Å²) in [7, 11) is 0. The molecular weight excluding hydrogens is 427 g/mol. The van der Waals surface area contributed by atoms with Gasteiger partial charge in [-0.3, -0.25) is 4.79 Å². The highest BCUT2D eigenvalue weighted by Crippen LogP contribution is 2.26. The van der Waals surface area contributed by atoms with E-state index in [2.05, 4.69) is 15.5 Å². The largest absolute Gasteiger partial charge is 0.483 e. The highest BCUT2D eigenvalue weighted by Gasteiger charge is 2.19. The molecule has 0 radical (unpaired) electrons. The van der Waals surface area contributed by atoms with Crippen LogP contribution in [0.25, 0.3) is 10.8 Å². The first kappa shape index (κ1) is 21.8. The molecule has 1 heterocycles. The molecule has 0 aliphatic carbocycles. The minimum atomic E-state index is -0.383. The van der Waals surface area contributed by atoms with Crippen LogP contribution in [-0.2, 0) is 11.3 Å². The zero-order valence-corrected chi connectivity index (χ0v) is 18.6. The zero-order valence-electron chi connectivity index (χ0n) is 17.8. The normalized spacial score (nSPS) is 12.0. The molecule has 0 saturated carbocycles. The quantitative estimate of drug-likeness (QED) is 0.361. The predicted octanol–water partition coefficient (Wildman–Crippen LogP) is 5.46. The van der Waals surface area contributed by atoms with Crippen LogP contribution in [0.4, 0.5) is 10.1 Å². The molecule has 1 unspecified atom stereocenters. The van der Waals surface area contributed by atoms with Gasteiger partial charge in [0.2, 0.25) is 5.91 Å². The van der Waals surface area contributed by atoms with Crippen LogP contribution in [0.5, 0.6) is 5.75 Å². The van der Waals surface area contributed by atoms with Gasteiger partial charge in [-0.2, -0.15) is 0 Å².